The lowest BCUT2D eigenvalue weighted by Gasteiger charge is -2.24. The molecule has 14 heavy (non-hydrogen) atoms. The van der Waals surface area contributed by atoms with Gasteiger partial charge in [-0.1, -0.05) is 29.8 Å². The van der Waals surface area contributed by atoms with Crippen molar-refractivity contribution in [2.45, 2.75) is 26.8 Å². The maximum Gasteiger partial charge on any atom is 0.0710 e. The standard InChI is InChI=1S/C12H16N2/c1-9-5-4-6-10(7-9)11(14)12(2,3)8-13/h4-7,11H,14H2,1-3H3. The third-order valence-corrected chi connectivity index (χ3v) is 2.47. The molecule has 0 fully saturated rings. The molecule has 0 radical (unpaired) electrons. The predicted octanol–water partition coefficient (Wildman–Crippen LogP) is 2.54. The van der Waals surface area contributed by atoms with Gasteiger partial charge in [0.05, 0.1) is 11.5 Å². The molecule has 0 aliphatic carbocycles. The number of nitriles is 1. The topological polar surface area (TPSA) is 49.8 Å². The number of hydrogen-bond donors (Lipinski definition) is 1. The number of nitrogens with zero attached hydrogens (tertiary/aromatic N) is 1. The van der Waals surface area contributed by atoms with Crippen molar-refractivity contribution < 1.29 is 0 Å². The minimum atomic E-state index is -0.520. The third-order valence-electron chi connectivity index (χ3n) is 2.47. The van der Waals surface area contributed by atoms with Gasteiger partial charge >= 0.3 is 0 Å². The first-order chi connectivity index (χ1) is 6.47. The summed E-state index contributed by atoms with van der Waals surface area (Å²) in [5, 5.41) is 8.97. The van der Waals surface area contributed by atoms with Crippen molar-refractivity contribution in [2.75, 3.05) is 0 Å². The van der Waals surface area contributed by atoms with Gasteiger partial charge in [-0.05, 0) is 26.3 Å². The van der Waals surface area contributed by atoms with E-state index < -0.39 is 5.41 Å². The zero-order valence-corrected chi connectivity index (χ0v) is 8.91. The molecular formula is C12H16N2. The molecule has 0 heterocycles. The van der Waals surface area contributed by atoms with E-state index in [9.17, 15) is 0 Å². The molecule has 0 aromatic heterocycles. The quantitative estimate of drug-likeness (QED) is 0.775. The maximum absolute atomic E-state index is 8.97. The molecule has 0 bridgehead atoms. The molecule has 1 aromatic rings. The monoisotopic (exact) mass is 188 g/mol. The van der Waals surface area contributed by atoms with Crippen LogP contribution in [0.25, 0.3) is 0 Å². The van der Waals surface area contributed by atoms with Gasteiger partial charge in [0.2, 0.25) is 0 Å². The third kappa shape index (κ3) is 2.12. The Morgan fingerprint density at radius 1 is 1.43 bits per heavy atom. The summed E-state index contributed by atoms with van der Waals surface area (Å²) in [5.41, 5.74) is 7.71. The van der Waals surface area contributed by atoms with Gasteiger partial charge in [0, 0.05) is 6.04 Å². The van der Waals surface area contributed by atoms with Gasteiger partial charge in [-0.15, -0.1) is 0 Å². The average Bonchev–Trinajstić information content (AvgIpc) is 2.16. The van der Waals surface area contributed by atoms with Crippen LogP contribution in [0.4, 0.5) is 0 Å². The lowest BCUT2D eigenvalue weighted by atomic mass is 9.82. The smallest absolute Gasteiger partial charge is 0.0710 e. The van der Waals surface area contributed by atoms with Crippen molar-refractivity contribution in [2.24, 2.45) is 11.1 Å². The molecular weight excluding hydrogens is 172 g/mol. The summed E-state index contributed by atoms with van der Waals surface area (Å²) in [7, 11) is 0. The molecule has 0 amide bonds. The molecule has 2 N–H and O–H groups in total. The number of nitrogens with two attached hydrogens (primary N) is 1. The summed E-state index contributed by atoms with van der Waals surface area (Å²) in [5.74, 6) is 0. The average molecular weight is 188 g/mol. The largest absolute Gasteiger partial charge is 0.323 e. The van der Waals surface area contributed by atoms with Gasteiger partial charge in [0.15, 0.2) is 0 Å². The number of benzene rings is 1. The Kier molecular flexibility index (Phi) is 2.93. The van der Waals surface area contributed by atoms with Crippen molar-refractivity contribution in [3.05, 3.63) is 35.4 Å². The molecule has 74 valence electrons. The van der Waals surface area contributed by atoms with E-state index >= 15 is 0 Å². The van der Waals surface area contributed by atoms with Crippen molar-refractivity contribution >= 4 is 0 Å². The highest BCUT2D eigenvalue weighted by molar-refractivity contribution is 5.27. The fraction of sp³-hybridized carbons (Fsp3) is 0.417. The molecule has 0 aliphatic heterocycles. The van der Waals surface area contributed by atoms with E-state index in [-0.39, 0.29) is 6.04 Å². The van der Waals surface area contributed by atoms with Gasteiger partial charge < -0.3 is 5.73 Å². The van der Waals surface area contributed by atoms with Crippen LogP contribution in [-0.2, 0) is 0 Å². The van der Waals surface area contributed by atoms with Crippen LogP contribution in [0.2, 0.25) is 0 Å². The van der Waals surface area contributed by atoms with E-state index in [1.807, 2.05) is 45.0 Å². The summed E-state index contributed by atoms with van der Waals surface area (Å²) >= 11 is 0. The minimum absolute atomic E-state index is 0.229. The SMILES string of the molecule is Cc1cccc(C(N)C(C)(C)C#N)c1. The first-order valence-electron chi connectivity index (χ1n) is 4.71. The van der Waals surface area contributed by atoms with Gasteiger partial charge in [-0.25, -0.2) is 0 Å². The highest BCUT2D eigenvalue weighted by atomic mass is 14.7. The molecule has 2 heteroatoms. The van der Waals surface area contributed by atoms with E-state index in [2.05, 4.69) is 6.07 Å². The zero-order chi connectivity index (χ0) is 10.8. The Morgan fingerprint density at radius 2 is 2.07 bits per heavy atom. The van der Waals surface area contributed by atoms with Crippen molar-refractivity contribution in [3.8, 4) is 6.07 Å². The highest BCUT2D eigenvalue weighted by Gasteiger charge is 2.27. The number of hydrogen-bond acceptors (Lipinski definition) is 2. The lowest BCUT2D eigenvalue weighted by molar-refractivity contribution is 0.393. The first-order valence-corrected chi connectivity index (χ1v) is 4.71. The number of aryl methyl sites for hydroxylation is 1. The fourth-order valence-electron chi connectivity index (χ4n) is 1.35. The van der Waals surface area contributed by atoms with E-state index in [1.165, 1.54) is 5.56 Å². The molecule has 1 atom stereocenters. The molecule has 0 saturated heterocycles. The molecule has 0 spiro atoms. The van der Waals surface area contributed by atoms with Gasteiger partial charge in [0.1, 0.15) is 0 Å². The van der Waals surface area contributed by atoms with Crippen molar-refractivity contribution in [1.29, 1.82) is 5.26 Å². The van der Waals surface area contributed by atoms with Crippen LogP contribution in [0.5, 0.6) is 0 Å². The summed E-state index contributed by atoms with van der Waals surface area (Å²) < 4.78 is 0. The summed E-state index contributed by atoms with van der Waals surface area (Å²) in [4.78, 5) is 0. The van der Waals surface area contributed by atoms with E-state index in [0.29, 0.717) is 0 Å². The fourth-order valence-corrected chi connectivity index (χ4v) is 1.35. The molecule has 1 aromatic carbocycles. The Balaban J connectivity index is 3.02. The van der Waals surface area contributed by atoms with Gasteiger partial charge in [-0.3, -0.25) is 0 Å². The van der Waals surface area contributed by atoms with Crippen LogP contribution in [-0.4, -0.2) is 0 Å². The molecule has 0 saturated carbocycles. The van der Waals surface area contributed by atoms with Crippen LogP contribution in [0.3, 0.4) is 0 Å². The number of rotatable bonds is 2. The van der Waals surface area contributed by atoms with Crippen molar-refractivity contribution in [3.63, 3.8) is 0 Å². The summed E-state index contributed by atoms with van der Waals surface area (Å²) in [6.45, 7) is 5.75. The summed E-state index contributed by atoms with van der Waals surface area (Å²) in [6, 6.07) is 10.00. The zero-order valence-electron chi connectivity index (χ0n) is 8.91. The Labute approximate surface area is 85.4 Å². The van der Waals surface area contributed by atoms with Crippen LogP contribution in [0.15, 0.2) is 24.3 Å². The first kappa shape index (κ1) is 10.7. The Bertz CT molecular complexity index is 361. The predicted molar refractivity (Wildman–Crippen MR) is 57.5 cm³/mol. The Morgan fingerprint density at radius 3 is 2.57 bits per heavy atom. The van der Waals surface area contributed by atoms with E-state index in [0.717, 1.165) is 5.56 Å². The normalized spacial score (nSPS) is 13.4. The lowest BCUT2D eigenvalue weighted by Crippen LogP contribution is -2.27. The van der Waals surface area contributed by atoms with Crippen LogP contribution >= 0.6 is 0 Å². The minimum Gasteiger partial charge on any atom is -0.323 e. The van der Waals surface area contributed by atoms with Gasteiger partial charge in [-0.2, -0.15) is 5.26 Å². The maximum atomic E-state index is 8.97. The van der Waals surface area contributed by atoms with Crippen LogP contribution < -0.4 is 5.73 Å². The van der Waals surface area contributed by atoms with Crippen LogP contribution in [0.1, 0.15) is 31.0 Å². The van der Waals surface area contributed by atoms with Crippen molar-refractivity contribution in [1.82, 2.24) is 0 Å². The summed E-state index contributed by atoms with van der Waals surface area (Å²) in [6.07, 6.45) is 0. The molecule has 0 aliphatic rings. The Hall–Kier alpha value is -1.33. The molecule has 1 rings (SSSR count). The molecule has 2 nitrogen and oxygen atoms in total. The van der Waals surface area contributed by atoms with Gasteiger partial charge in [0.25, 0.3) is 0 Å². The second-order valence-corrected chi connectivity index (χ2v) is 4.23. The highest BCUT2D eigenvalue weighted by Crippen LogP contribution is 2.30. The second kappa shape index (κ2) is 3.81. The van der Waals surface area contributed by atoms with E-state index in [4.69, 9.17) is 11.0 Å². The second-order valence-electron chi connectivity index (χ2n) is 4.23. The van der Waals surface area contributed by atoms with Crippen LogP contribution in [0, 0.1) is 23.7 Å². The van der Waals surface area contributed by atoms with E-state index in [1.54, 1.807) is 0 Å². The molecule has 1 unspecified atom stereocenters.